The fourth-order valence-electron chi connectivity index (χ4n) is 10.2. The summed E-state index contributed by atoms with van der Waals surface area (Å²) in [7, 11) is -6.71. The van der Waals surface area contributed by atoms with Gasteiger partial charge in [-0.1, -0.05) is 0 Å². The summed E-state index contributed by atoms with van der Waals surface area (Å²) >= 11 is 11.1. The molecule has 47 heteroatoms. The summed E-state index contributed by atoms with van der Waals surface area (Å²) in [6.07, 6.45) is -14.4. The minimum absolute atomic E-state index is 0.0103. The van der Waals surface area contributed by atoms with Gasteiger partial charge in [-0.3, -0.25) is 50.7 Å². The zero-order valence-corrected chi connectivity index (χ0v) is 53.3. The van der Waals surface area contributed by atoms with Gasteiger partial charge < -0.3 is 100 Å². The molecule has 0 aliphatic carbocycles. The number of fused-ring (bicyclic) bond motifs is 2. The number of aromatic nitrogens is 10. The fourth-order valence-corrected chi connectivity index (χ4v) is 15.0. The molecular formula is C44H66N16O25P4S2. The molecule has 4 fully saturated rings. The third-order valence-electron chi connectivity index (χ3n) is 14.3. The van der Waals surface area contributed by atoms with Crippen LogP contribution in [0, 0.1) is 6.92 Å². The Morgan fingerprint density at radius 3 is 2.05 bits per heavy atom. The number of nitrogen functional groups attached to an aromatic ring is 2. The lowest BCUT2D eigenvalue weighted by atomic mass is 10.1. The summed E-state index contributed by atoms with van der Waals surface area (Å²) < 4.78 is 128. The number of phosphoric acid groups is 2. The van der Waals surface area contributed by atoms with E-state index in [2.05, 4.69) is 45.3 Å². The van der Waals surface area contributed by atoms with Gasteiger partial charge in [-0.15, -0.1) is 0 Å². The number of aryl methyl sites for hydroxylation is 1. The highest BCUT2D eigenvalue weighted by molar-refractivity contribution is 8.07. The number of methoxy groups -OCH3 is 2. The van der Waals surface area contributed by atoms with Gasteiger partial charge in [0.2, 0.25) is 1.43 Å². The molecule has 10 rings (SSSR count). The zero-order valence-electron chi connectivity index (χ0n) is 50.1. The number of aromatic amines is 1. The third-order valence-corrected chi connectivity index (χ3v) is 19.4. The van der Waals surface area contributed by atoms with Crippen LogP contribution >= 0.6 is 29.1 Å². The van der Waals surface area contributed by atoms with Crippen molar-refractivity contribution in [3.8, 4) is 0 Å². The second-order valence-corrected chi connectivity index (χ2v) is 28.5. The van der Waals surface area contributed by atoms with Gasteiger partial charge in [0.05, 0.1) is 57.9 Å². The SMILES string of the molecule is [2H]C[C@H]1O[C@@H](n2ccc(N)nc2=O)CC1OP(O)(=S)OC[C@H]1O[C@@H](n2cnc3c(N)ncnc32)[C@@H](OC)C1OP(O)(=S)OC[C@H]1O[C@@H](n2cnc3c2NC(N)=NC3N)[C@@H](OC)C1OP(=O)(O)OC[C@H]1O[C@@H](n2cc(C)c(=O)[nH]c2=O)CC1OP(=O)(O)OCCO.[3H]OC. The van der Waals surface area contributed by atoms with E-state index in [-0.39, 0.29) is 59.2 Å². The molecule has 4 saturated heterocycles. The van der Waals surface area contributed by atoms with E-state index in [1.54, 1.807) is 0 Å². The van der Waals surface area contributed by atoms with Crippen LogP contribution in [-0.4, -0.2) is 201 Å². The third kappa shape index (κ3) is 16.1. The van der Waals surface area contributed by atoms with Crippen molar-refractivity contribution in [1.82, 2.24) is 48.2 Å². The molecule has 19 atom stereocenters. The minimum Gasteiger partial charge on any atom is -0.400 e. The number of aliphatic hydroxyl groups excluding tert-OH is 2. The number of hydrogen-bond donors (Lipinski definition) is 12. The van der Waals surface area contributed by atoms with E-state index in [1.807, 2.05) is 0 Å². The molecule has 41 nitrogen and oxygen atoms in total. The largest absolute Gasteiger partial charge is 0.472 e. The van der Waals surface area contributed by atoms with E-state index in [9.17, 15) is 48.2 Å². The molecule has 9 unspecified atom stereocenters. The van der Waals surface area contributed by atoms with Crippen LogP contribution in [0.4, 0.5) is 17.5 Å². The smallest absolute Gasteiger partial charge is 0.400 e. The number of hydrogen-bond acceptors (Lipinski definition) is 34. The molecule has 5 aliphatic heterocycles. The van der Waals surface area contributed by atoms with Crippen molar-refractivity contribution in [3.63, 3.8) is 0 Å². The number of rotatable bonds is 26. The van der Waals surface area contributed by atoms with Crippen molar-refractivity contribution < 1.29 is 105 Å². The first-order valence-corrected chi connectivity index (χ1v) is 34.9. The monoisotopic (exact) mass is 1410 g/mol. The summed E-state index contributed by atoms with van der Waals surface area (Å²) in [6, 6.07) is 1.37. The summed E-state index contributed by atoms with van der Waals surface area (Å²) in [6.45, 7) is -11.9. The lowest BCUT2D eigenvalue weighted by molar-refractivity contribution is -0.0605. The van der Waals surface area contributed by atoms with Crippen LogP contribution in [0.3, 0.4) is 0 Å². The number of phosphoric ester groups is 2. The van der Waals surface area contributed by atoms with E-state index in [0.29, 0.717) is 0 Å². The molecule has 0 saturated carbocycles. The maximum Gasteiger partial charge on any atom is 0.472 e. The van der Waals surface area contributed by atoms with E-state index in [4.69, 9.17) is 114 Å². The number of imidazole rings is 2. The van der Waals surface area contributed by atoms with Gasteiger partial charge in [-0.25, -0.2) is 43.6 Å². The van der Waals surface area contributed by atoms with Crippen molar-refractivity contribution in [2.24, 2.45) is 16.5 Å². The Balaban J connectivity index is 0.00000334. The highest BCUT2D eigenvalue weighted by Crippen LogP contribution is 2.56. The first kappa shape index (κ1) is 67.5. The molecule has 0 radical (unpaired) electrons. The van der Waals surface area contributed by atoms with Crippen molar-refractivity contribution in [3.05, 3.63) is 80.0 Å². The van der Waals surface area contributed by atoms with Crippen LogP contribution in [-0.2, 0) is 97.4 Å². The standard InChI is InChI=1S/C43H62N16O24P4S2.CH4O/c1-18-11-57(43(63)55-38(18)61)27-10-21(80-84(64,65)72-8-7-60)22(77-27)12-73-85(66,67)82-30-23(78-40(32(30)70-3)59-17-51-29-35(46)53-41(47)54-37(29)59)13-75-87(69,89)83-31-24(79-39(33(31)71-4)58-16-50-28-34(45)48-15-49-36(28)58)14-74-86(68,88)81-20-9-26(76-19(20)2)56-6-5-25(44)52-42(56)62;1-2/h5-6,11,15-17,19-24,26-27,30-33,35,39-40,60H,7-10,12-14,46H2,1-4H3,(H,64,65)(H,66,67)(H,68,88)(H,69,89)(H2,44,52,62)(H2,45,48,49)(H3,47,53,54)(H,55,61,63);2H,1H3/t19-,20?,21?,22-,23-,24-,26-,27-,30?,31?,32+,33+,35?,39-,40-,86?,87?;/m1./s1/i2D;2T. The van der Waals surface area contributed by atoms with Crippen molar-refractivity contribution in [2.75, 3.05) is 71.1 Å². The molecule has 504 valence electrons. The Hall–Kier alpha value is -4.89. The van der Waals surface area contributed by atoms with Gasteiger partial charge in [-0.2, -0.15) is 4.98 Å². The summed E-state index contributed by atoms with van der Waals surface area (Å²) in [5.41, 5.74) is 22.2. The highest BCUT2D eigenvalue weighted by atomic mass is 32.5. The van der Waals surface area contributed by atoms with Crippen LogP contribution in [0.25, 0.3) is 11.2 Å². The van der Waals surface area contributed by atoms with Crippen LogP contribution in [0.2, 0.25) is 0 Å². The molecule has 5 aliphatic rings. The molecule has 16 N–H and O–H groups in total. The Labute approximate surface area is 526 Å². The molecule has 5 aromatic rings. The fraction of sp³-hybridized carbons (Fsp3) is 0.614. The molecule has 0 spiro atoms. The molecular weight excluding hydrogens is 1340 g/mol. The lowest BCUT2D eigenvalue weighted by Crippen LogP contribution is -2.39. The van der Waals surface area contributed by atoms with Crippen molar-refractivity contribution in [2.45, 2.75) is 119 Å². The molecule has 5 aromatic heterocycles. The van der Waals surface area contributed by atoms with Gasteiger partial charge >= 0.3 is 40.5 Å². The maximum absolute atomic E-state index is 14.3. The van der Waals surface area contributed by atoms with E-state index in [0.717, 1.165) is 15.3 Å². The summed E-state index contributed by atoms with van der Waals surface area (Å²) in [4.78, 5) is 110. The Morgan fingerprint density at radius 1 is 0.780 bits per heavy atom. The Morgan fingerprint density at radius 2 is 1.40 bits per heavy atom. The van der Waals surface area contributed by atoms with Crippen LogP contribution < -0.4 is 45.2 Å². The predicted molar refractivity (Wildman–Crippen MR) is 316 cm³/mol. The quantitative estimate of drug-likeness (QED) is 0.0265. The highest BCUT2D eigenvalue weighted by Gasteiger charge is 2.54. The first-order valence-electron chi connectivity index (χ1n) is 27.9. The van der Waals surface area contributed by atoms with Crippen molar-refractivity contribution >= 4 is 87.3 Å². The molecule has 0 bridgehead atoms. The van der Waals surface area contributed by atoms with Gasteiger partial charge in [0.15, 0.2) is 29.9 Å². The van der Waals surface area contributed by atoms with Gasteiger partial charge in [-0.05, 0) is 43.5 Å². The summed E-state index contributed by atoms with van der Waals surface area (Å²) in [5, 5.41) is 15.6. The number of aliphatic imine (C=N–C) groups is 1. The average Bonchev–Trinajstić information content (AvgIpc) is 1.63. The molecule has 10 heterocycles. The zero-order chi connectivity index (χ0) is 67.5. The Kier molecular flexibility index (Phi) is 21.5. The number of anilines is 3. The van der Waals surface area contributed by atoms with Gasteiger partial charge in [0.1, 0.15) is 96.6 Å². The van der Waals surface area contributed by atoms with Gasteiger partial charge in [0.25, 0.3) is 5.56 Å². The predicted octanol–water partition coefficient (Wildman–Crippen LogP) is -2.04. The van der Waals surface area contributed by atoms with Crippen molar-refractivity contribution in [1.29, 1.82) is 1.43 Å². The number of nitrogens with two attached hydrogens (primary N) is 4. The Bertz CT molecular complexity index is 3880. The van der Waals surface area contributed by atoms with E-state index >= 15 is 0 Å². The summed E-state index contributed by atoms with van der Waals surface area (Å²) in [5.74, 6) is 0.00405. The number of H-pyrrole nitrogens is 1. The van der Waals surface area contributed by atoms with E-state index in [1.165, 1.54) is 68.6 Å². The topological polar surface area (TPSA) is 564 Å². The second-order valence-electron chi connectivity index (χ2n) is 20.1. The second kappa shape index (κ2) is 29.0. The normalized spacial score (nSPS) is 31.1. The molecule has 0 aromatic carbocycles. The average molecular weight is 1410 g/mol. The molecule has 0 amide bonds. The number of nitrogens with one attached hydrogen (secondary N) is 2. The van der Waals surface area contributed by atoms with Crippen LogP contribution in [0.15, 0.2) is 56.8 Å². The maximum atomic E-state index is 14.3. The number of ether oxygens (including phenoxy) is 6. The number of aliphatic hydroxyl groups is 2. The minimum atomic E-state index is -5.48. The van der Waals surface area contributed by atoms with Crippen LogP contribution in [0.1, 0.15) is 63.4 Å². The first-order chi connectivity index (χ1) is 44.0. The lowest BCUT2D eigenvalue weighted by Gasteiger charge is -2.29. The van der Waals surface area contributed by atoms with Crippen LogP contribution in [0.5, 0.6) is 0 Å². The van der Waals surface area contributed by atoms with Gasteiger partial charge in [0, 0.05) is 53.5 Å². The molecule has 91 heavy (non-hydrogen) atoms. The number of nitrogens with zero attached hydrogens (tertiary/aromatic N) is 10. The number of guanidine groups is 1. The van der Waals surface area contributed by atoms with E-state index < -0.39 is 178 Å².